The predicted octanol–water partition coefficient (Wildman–Crippen LogP) is 7.01. The zero-order valence-corrected chi connectivity index (χ0v) is 28.0. The second-order valence-corrected chi connectivity index (χ2v) is 20.4. The SMILES string of the molecule is CC(C)(C)COP(=O)(N1CCC(NC(=O)CC[P+](c2ccccc2)(c2ccccc2)c2ccccc2)CC1)C(C)(C)C. The summed E-state index contributed by atoms with van der Waals surface area (Å²) in [5.41, 5.74) is -0.0652. The van der Waals surface area contributed by atoms with Gasteiger partial charge in [-0.2, -0.15) is 0 Å². The Labute approximate surface area is 254 Å². The van der Waals surface area contributed by atoms with Gasteiger partial charge in [-0.05, 0) is 75.4 Å². The van der Waals surface area contributed by atoms with Crippen LogP contribution >= 0.6 is 14.8 Å². The van der Waals surface area contributed by atoms with Crippen LogP contribution in [-0.4, -0.2) is 47.6 Å². The number of piperidine rings is 1. The minimum atomic E-state index is -3.05. The lowest BCUT2D eigenvalue weighted by molar-refractivity contribution is -0.121. The number of carbonyl (C=O) groups is 1. The third kappa shape index (κ3) is 7.61. The number of benzene rings is 3. The summed E-state index contributed by atoms with van der Waals surface area (Å²) in [6.07, 6.45) is 2.74. The quantitative estimate of drug-likeness (QED) is 0.252. The minimum Gasteiger partial charge on any atom is -0.353 e. The standard InChI is InChI=1S/C35H48N2O3P2/c1-34(2,3)28-40-42(39,35(4,5)6)37-25-22-29(23-26-37)36-33(38)24-27-41(30-16-10-7-11-17-30,31-18-12-8-13-19-31)32-20-14-9-15-21-32/h7-21,29H,22-28H2,1-6H3/p+1. The third-order valence-corrected chi connectivity index (χ3v) is 15.7. The number of hydrogen-bond donors (Lipinski definition) is 1. The van der Waals surface area contributed by atoms with Crippen LogP contribution in [-0.2, 0) is 13.9 Å². The monoisotopic (exact) mass is 607 g/mol. The van der Waals surface area contributed by atoms with Crippen molar-refractivity contribution in [1.82, 2.24) is 9.99 Å². The average molecular weight is 608 g/mol. The van der Waals surface area contributed by atoms with Crippen LogP contribution in [0.15, 0.2) is 91.0 Å². The molecular formula is C35H49N2O3P2+. The van der Waals surface area contributed by atoms with E-state index in [-0.39, 0.29) is 17.4 Å². The van der Waals surface area contributed by atoms with Crippen molar-refractivity contribution in [2.75, 3.05) is 25.9 Å². The number of carbonyl (C=O) groups excluding carboxylic acids is 1. The van der Waals surface area contributed by atoms with Crippen LogP contribution in [0.5, 0.6) is 0 Å². The Morgan fingerprint density at radius 3 is 1.62 bits per heavy atom. The molecule has 42 heavy (non-hydrogen) atoms. The van der Waals surface area contributed by atoms with Gasteiger partial charge in [0.1, 0.15) is 23.2 Å². The van der Waals surface area contributed by atoms with Gasteiger partial charge in [-0.3, -0.25) is 9.36 Å². The van der Waals surface area contributed by atoms with Gasteiger partial charge in [-0.1, -0.05) is 75.4 Å². The highest BCUT2D eigenvalue weighted by Crippen LogP contribution is 2.62. The van der Waals surface area contributed by atoms with Gasteiger partial charge in [0.05, 0.1) is 24.3 Å². The van der Waals surface area contributed by atoms with Gasteiger partial charge in [0.15, 0.2) is 0 Å². The molecule has 0 radical (unpaired) electrons. The lowest BCUT2D eigenvalue weighted by Gasteiger charge is -2.43. The lowest BCUT2D eigenvalue weighted by atomic mass is 9.99. The fourth-order valence-electron chi connectivity index (χ4n) is 5.71. The molecule has 0 aromatic heterocycles. The molecule has 1 saturated heterocycles. The summed E-state index contributed by atoms with van der Waals surface area (Å²) in [7, 11) is -5.10. The average Bonchev–Trinajstić information content (AvgIpc) is 2.97. The first kappa shape index (κ1) is 32.6. The largest absolute Gasteiger partial charge is 0.353 e. The molecule has 1 atom stereocenters. The first-order valence-corrected chi connectivity index (χ1v) is 18.7. The number of nitrogens with one attached hydrogen (secondary N) is 1. The summed E-state index contributed by atoms with van der Waals surface area (Å²) < 4.78 is 22.5. The molecule has 3 aromatic rings. The number of rotatable bonds is 10. The molecule has 226 valence electrons. The van der Waals surface area contributed by atoms with E-state index in [9.17, 15) is 9.36 Å². The molecule has 0 saturated carbocycles. The molecule has 1 heterocycles. The molecule has 7 heteroatoms. The molecule has 0 aliphatic carbocycles. The van der Waals surface area contributed by atoms with E-state index in [1.54, 1.807) is 0 Å². The third-order valence-electron chi connectivity index (χ3n) is 7.99. The van der Waals surface area contributed by atoms with Crippen molar-refractivity contribution < 1.29 is 13.9 Å². The number of hydrogen-bond acceptors (Lipinski definition) is 3. The van der Waals surface area contributed by atoms with Gasteiger partial charge in [0.2, 0.25) is 5.91 Å². The van der Waals surface area contributed by atoms with Crippen molar-refractivity contribution >= 4 is 36.6 Å². The summed E-state index contributed by atoms with van der Waals surface area (Å²) in [5, 5.41) is 6.72. The predicted molar refractivity (Wildman–Crippen MR) is 180 cm³/mol. The van der Waals surface area contributed by atoms with E-state index in [1.165, 1.54) is 15.9 Å². The maximum absolute atomic E-state index is 14.2. The van der Waals surface area contributed by atoms with Crippen molar-refractivity contribution in [2.45, 2.75) is 72.0 Å². The summed E-state index contributed by atoms with van der Waals surface area (Å²) in [6.45, 7) is 14.1. The molecule has 1 aliphatic rings. The molecule has 0 bridgehead atoms. The van der Waals surface area contributed by atoms with Crippen LogP contribution < -0.4 is 21.2 Å². The minimum absolute atomic E-state index is 0.0652. The van der Waals surface area contributed by atoms with Crippen molar-refractivity contribution in [3.63, 3.8) is 0 Å². The van der Waals surface area contributed by atoms with E-state index in [2.05, 4.69) is 122 Å². The topological polar surface area (TPSA) is 58.6 Å². The summed E-state index contributed by atoms with van der Waals surface area (Å²) >= 11 is 0. The second kappa shape index (κ2) is 13.6. The van der Waals surface area contributed by atoms with Crippen LogP contribution in [0, 0.1) is 5.41 Å². The van der Waals surface area contributed by atoms with E-state index in [1.807, 2.05) is 20.8 Å². The van der Waals surface area contributed by atoms with Gasteiger partial charge < -0.3 is 9.84 Å². The Kier molecular flexibility index (Phi) is 10.5. The Morgan fingerprint density at radius 1 is 0.810 bits per heavy atom. The van der Waals surface area contributed by atoms with Gasteiger partial charge in [0, 0.05) is 19.1 Å². The van der Waals surface area contributed by atoms with Crippen LogP contribution in [0.1, 0.15) is 60.8 Å². The highest BCUT2D eigenvalue weighted by atomic mass is 31.2. The number of amides is 1. The highest BCUT2D eigenvalue weighted by Gasteiger charge is 2.47. The van der Waals surface area contributed by atoms with E-state index >= 15 is 0 Å². The zero-order chi connectivity index (χ0) is 30.4. The Balaban J connectivity index is 1.47. The Bertz CT molecular complexity index is 1230. The maximum atomic E-state index is 14.2. The Morgan fingerprint density at radius 2 is 1.24 bits per heavy atom. The molecular weight excluding hydrogens is 558 g/mol. The first-order valence-electron chi connectivity index (χ1n) is 15.2. The van der Waals surface area contributed by atoms with Crippen molar-refractivity contribution in [2.24, 2.45) is 5.41 Å². The smallest absolute Gasteiger partial charge is 0.277 e. The summed E-state index contributed by atoms with van der Waals surface area (Å²) in [4.78, 5) is 13.5. The lowest BCUT2D eigenvalue weighted by Crippen LogP contribution is -2.46. The molecule has 1 unspecified atom stereocenters. The number of nitrogens with zero attached hydrogens (tertiary/aromatic N) is 1. The van der Waals surface area contributed by atoms with Crippen LogP contribution in [0.2, 0.25) is 0 Å². The second-order valence-electron chi connectivity index (χ2n) is 13.6. The van der Waals surface area contributed by atoms with E-state index < -0.39 is 19.9 Å². The molecule has 1 fully saturated rings. The molecule has 1 amide bonds. The maximum Gasteiger partial charge on any atom is 0.277 e. The van der Waals surface area contributed by atoms with E-state index in [0.29, 0.717) is 26.1 Å². The van der Waals surface area contributed by atoms with Gasteiger partial charge >= 0.3 is 0 Å². The molecule has 1 N–H and O–H groups in total. The van der Waals surface area contributed by atoms with Crippen LogP contribution in [0.25, 0.3) is 0 Å². The van der Waals surface area contributed by atoms with Crippen molar-refractivity contribution in [3.05, 3.63) is 91.0 Å². The van der Waals surface area contributed by atoms with Gasteiger partial charge in [-0.15, -0.1) is 0 Å². The van der Waals surface area contributed by atoms with Crippen LogP contribution in [0.4, 0.5) is 0 Å². The van der Waals surface area contributed by atoms with Gasteiger partial charge in [0.25, 0.3) is 7.52 Å². The molecule has 5 nitrogen and oxygen atoms in total. The van der Waals surface area contributed by atoms with E-state index in [0.717, 1.165) is 19.0 Å². The van der Waals surface area contributed by atoms with Crippen LogP contribution in [0.3, 0.4) is 0 Å². The molecule has 4 rings (SSSR count). The Hall–Kier alpha value is -2.29. The fourth-order valence-corrected chi connectivity index (χ4v) is 12.7. The molecule has 3 aromatic carbocycles. The normalized spacial score (nSPS) is 17.0. The summed E-state index contributed by atoms with van der Waals surface area (Å²) in [5.74, 6) is 0.0867. The van der Waals surface area contributed by atoms with Crippen molar-refractivity contribution in [1.29, 1.82) is 0 Å². The fraction of sp³-hybridized carbons (Fsp3) is 0.457. The zero-order valence-electron chi connectivity index (χ0n) is 26.3. The first-order chi connectivity index (χ1) is 19.8. The van der Waals surface area contributed by atoms with E-state index in [4.69, 9.17) is 4.52 Å². The molecule has 1 aliphatic heterocycles. The molecule has 0 spiro atoms. The summed E-state index contributed by atoms with van der Waals surface area (Å²) in [6, 6.07) is 32.2. The highest BCUT2D eigenvalue weighted by molar-refractivity contribution is 7.95. The van der Waals surface area contributed by atoms with Gasteiger partial charge in [-0.25, -0.2) is 4.67 Å². The van der Waals surface area contributed by atoms with Crippen molar-refractivity contribution in [3.8, 4) is 0 Å².